The number of carboxylic acid groups (broad SMARTS) is 1. The fourth-order valence-corrected chi connectivity index (χ4v) is 2.84. The molecule has 0 aromatic carbocycles. The molecule has 0 aromatic rings. The van der Waals surface area contributed by atoms with Crippen molar-refractivity contribution >= 4 is 18.0 Å². The Kier molecular flexibility index (Phi) is 4.41. The number of aliphatic hydroxyl groups is 1. The highest BCUT2D eigenvalue weighted by molar-refractivity contribution is 5.94. The van der Waals surface area contributed by atoms with Crippen molar-refractivity contribution in [1.29, 1.82) is 0 Å². The molecule has 1 aliphatic heterocycles. The molecule has 1 saturated carbocycles. The van der Waals surface area contributed by atoms with Gasteiger partial charge < -0.3 is 20.3 Å². The average molecular weight is 312 g/mol. The van der Waals surface area contributed by atoms with Gasteiger partial charge in [-0.05, 0) is 13.3 Å². The molecule has 22 heavy (non-hydrogen) atoms. The molecule has 1 aliphatic carbocycles. The third kappa shape index (κ3) is 2.78. The van der Waals surface area contributed by atoms with E-state index in [1.165, 1.54) is 0 Å². The van der Waals surface area contributed by atoms with Crippen LogP contribution in [0.5, 0.6) is 0 Å². The molecule has 2 fully saturated rings. The molecule has 0 unspecified atom stereocenters. The van der Waals surface area contributed by atoms with Gasteiger partial charge in [-0.3, -0.25) is 9.69 Å². The Morgan fingerprint density at radius 1 is 1.50 bits per heavy atom. The SMILES string of the molecule is C=C[C@H]1C[C@@]1(NC(=O)[C@@H]1C[C@@H](O)CN1C(=O)O)C(=O)OCC. The van der Waals surface area contributed by atoms with Crippen LogP contribution in [0.4, 0.5) is 4.79 Å². The molecular weight excluding hydrogens is 292 g/mol. The highest BCUT2D eigenvalue weighted by Crippen LogP contribution is 2.45. The highest BCUT2D eigenvalue weighted by atomic mass is 16.5. The van der Waals surface area contributed by atoms with Crippen molar-refractivity contribution in [3.63, 3.8) is 0 Å². The van der Waals surface area contributed by atoms with Crippen molar-refractivity contribution in [3.05, 3.63) is 12.7 Å². The van der Waals surface area contributed by atoms with Gasteiger partial charge >= 0.3 is 12.1 Å². The van der Waals surface area contributed by atoms with Crippen LogP contribution < -0.4 is 5.32 Å². The third-order valence-electron chi connectivity index (χ3n) is 4.11. The van der Waals surface area contributed by atoms with E-state index in [1.54, 1.807) is 13.0 Å². The molecule has 1 saturated heterocycles. The Morgan fingerprint density at radius 3 is 2.68 bits per heavy atom. The number of rotatable bonds is 5. The number of hydrogen-bond donors (Lipinski definition) is 3. The number of aliphatic hydroxyl groups excluding tert-OH is 1. The predicted molar refractivity (Wildman–Crippen MR) is 75.0 cm³/mol. The zero-order valence-corrected chi connectivity index (χ0v) is 12.3. The quantitative estimate of drug-likeness (QED) is 0.475. The van der Waals surface area contributed by atoms with Gasteiger partial charge in [0.15, 0.2) is 0 Å². The lowest BCUT2D eigenvalue weighted by Crippen LogP contribution is -2.53. The van der Waals surface area contributed by atoms with Gasteiger partial charge in [-0.15, -0.1) is 6.58 Å². The Bertz CT molecular complexity index is 508. The van der Waals surface area contributed by atoms with Gasteiger partial charge in [0, 0.05) is 12.3 Å². The minimum atomic E-state index is -1.28. The van der Waals surface area contributed by atoms with Gasteiger partial charge in [0.05, 0.1) is 19.3 Å². The summed E-state index contributed by atoms with van der Waals surface area (Å²) in [5.41, 5.74) is -1.16. The molecule has 4 atom stereocenters. The first-order valence-corrected chi connectivity index (χ1v) is 7.15. The fraction of sp³-hybridized carbons (Fsp3) is 0.643. The number of nitrogens with zero attached hydrogens (tertiary/aromatic N) is 1. The van der Waals surface area contributed by atoms with E-state index in [0.29, 0.717) is 6.42 Å². The Balaban J connectivity index is 2.11. The third-order valence-corrected chi connectivity index (χ3v) is 4.11. The van der Waals surface area contributed by atoms with Gasteiger partial charge in [0.2, 0.25) is 5.91 Å². The first-order valence-electron chi connectivity index (χ1n) is 7.15. The van der Waals surface area contributed by atoms with Gasteiger partial charge in [0.1, 0.15) is 11.6 Å². The second kappa shape index (κ2) is 5.96. The number of esters is 1. The number of amides is 2. The lowest BCUT2D eigenvalue weighted by Gasteiger charge is -2.24. The molecule has 0 radical (unpaired) electrons. The van der Waals surface area contributed by atoms with E-state index < -0.39 is 35.7 Å². The zero-order valence-electron chi connectivity index (χ0n) is 12.3. The summed E-state index contributed by atoms with van der Waals surface area (Å²) in [5.74, 6) is -1.38. The first kappa shape index (κ1) is 16.3. The summed E-state index contributed by atoms with van der Waals surface area (Å²) >= 11 is 0. The van der Waals surface area contributed by atoms with Crippen LogP contribution in [0.15, 0.2) is 12.7 Å². The minimum Gasteiger partial charge on any atom is -0.465 e. The van der Waals surface area contributed by atoms with Crippen LogP contribution in [-0.2, 0) is 14.3 Å². The summed E-state index contributed by atoms with van der Waals surface area (Å²) in [6, 6.07) is -1.01. The molecular formula is C14H20N2O6. The van der Waals surface area contributed by atoms with Crippen LogP contribution in [0.2, 0.25) is 0 Å². The summed E-state index contributed by atoms with van der Waals surface area (Å²) in [7, 11) is 0. The van der Waals surface area contributed by atoms with E-state index in [2.05, 4.69) is 11.9 Å². The maximum absolute atomic E-state index is 12.4. The number of nitrogens with one attached hydrogen (secondary N) is 1. The van der Waals surface area contributed by atoms with Crippen LogP contribution in [-0.4, -0.2) is 63.9 Å². The highest BCUT2D eigenvalue weighted by Gasteiger charge is 2.61. The van der Waals surface area contributed by atoms with Crippen LogP contribution in [0.1, 0.15) is 19.8 Å². The Hall–Kier alpha value is -2.09. The normalized spacial score (nSPS) is 33.2. The van der Waals surface area contributed by atoms with Crippen molar-refractivity contribution in [1.82, 2.24) is 10.2 Å². The summed E-state index contributed by atoms with van der Waals surface area (Å²) < 4.78 is 4.98. The Labute approximate surface area is 127 Å². The summed E-state index contributed by atoms with van der Waals surface area (Å²) in [5, 5.41) is 21.3. The number of carbonyl (C=O) groups excluding carboxylic acids is 2. The molecule has 0 spiro atoms. The number of carbonyl (C=O) groups is 3. The summed E-state index contributed by atoms with van der Waals surface area (Å²) in [6.07, 6.45) is -0.216. The number of hydrogen-bond acceptors (Lipinski definition) is 5. The van der Waals surface area contributed by atoms with Crippen molar-refractivity contribution in [2.75, 3.05) is 13.2 Å². The van der Waals surface area contributed by atoms with E-state index >= 15 is 0 Å². The molecule has 0 bridgehead atoms. The van der Waals surface area contributed by atoms with Gasteiger partial charge in [-0.2, -0.15) is 0 Å². The lowest BCUT2D eigenvalue weighted by molar-refractivity contribution is -0.149. The van der Waals surface area contributed by atoms with Crippen LogP contribution >= 0.6 is 0 Å². The first-order chi connectivity index (χ1) is 10.4. The van der Waals surface area contributed by atoms with Crippen molar-refractivity contribution < 1.29 is 29.3 Å². The van der Waals surface area contributed by atoms with E-state index in [1.807, 2.05) is 0 Å². The molecule has 1 heterocycles. The van der Waals surface area contributed by atoms with Crippen molar-refractivity contribution in [2.24, 2.45) is 5.92 Å². The maximum atomic E-state index is 12.4. The predicted octanol–water partition coefficient (Wildman–Crippen LogP) is -0.276. The number of ether oxygens (including phenoxy) is 1. The van der Waals surface area contributed by atoms with E-state index in [-0.39, 0.29) is 25.5 Å². The molecule has 8 nitrogen and oxygen atoms in total. The molecule has 3 N–H and O–H groups in total. The van der Waals surface area contributed by atoms with Gasteiger partial charge in [-0.25, -0.2) is 9.59 Å². The average Bonchev–Trinajstić information content (AvgIpc) is 3.02. The summed E-state index contributed by atoms with van der Waals surface area (Å²) in [6.45, 7) is 5.35. The topological polar surface area (TPSA) is 116 Å². The molecule has 122 valence electrons. The molecule has 0 aromatic heterocycles. The van der Waals surface area contributed by atoms with Crippen LogP contribution in [0, 0.1) is 5.92 Å². The van der Waals surface area contributed by atoms with Crippen molar-refractivity contribution in [3.8, 4) is 0 Å². The van der Waals surface area contributed by atoms with E-state index in [4.69, 9.17) is 9.84 Å². The van der Waals surface area contributed by atoms with Gasteiger partial charge in [-0.1, -0.05) is 6.08 Å². The molecule has 8 heteroatoms. The molecule has 2 rings (SSSR count). The largest absolute Gasteiger partial charge is 0.465 e. The zero-order chi connectivity index (χ0) is 16.5. The molecule has 2 amide bonds. The fourth-order valence-electron chi connectivity index (χ4n) is 2.84. The van der Waals surface area contributed by atoms with Crippen molar-refractivity contribution in [2.45, 2.75) is 37.5 Å². The smallest absolute Gasteiger partial charge is 0.408 e. The van der Waals surface area contributed by atoms with E-state index in [9.17, 15) is 19.5 Å². The summed E-state index contributed by atoms with van der Waals surface area (Å²) in [4.78, 5) is 36.4. The monoisotopic (exact) mass is 312 g/mol. The Morgan fingerprint density at radius 2 is 2.18 bits per heavy atom. The second-order valence-electron chi connectivity index (χ2n) is 5.57. The molecule has 2 aliphatic rings. The van der Waals surface area contributed by atoms with Crippen LogP contribution in [0.3, 0.4) is 0 Å². The second-order valence-corrected chi connectivity index (χ2v) is 5.57. The lowest BCUT2D eigenvalue weighted by atomic mass is 10.1. The number of β-amino-alcohol motifs (C(OH)–C–C–N with tert-alkyl or cyclic N) is 1. The van der Waals surface area contributed by atoms with Crippen LogP contribution in [0.25, 0.3) is 0 Å². The minimum absolute atomic E-state index is 0.00972. The van der Waals surface area contributed by atoms with Gasteiger partial charge in [0.25, 0.3) is 0 Å². The van der Waals surface area contributed by atoms with E-state index in [0.717, 1.165) is 4.90 Å². The standard InChI is InChI=1S/C14H20N2O6/c1-3-8-6-14(8,12(19)22-4-2)15-11(18)10-5-9(17)7-16(10)13(20)21/h3,8-10,17H,1,4-7H2,2H3,(H,15,18)(H,20,21)/t8-,9+,10-,14-/m0/s1. The maximum Gasteiger partial charge on any atom is 0.408 e. The number of likely N-dealkylation sites (tertiary alicyclic amines) is 1.